The van der Waals surface area contributed by atoms with Gasteiger partial charge in [-0.15, -0.1) is 0 Å². The number of piperazine rings is 1. The van der Waals surface area contributed by atoms with Crippen LogP contribution in [0, 0.1) is 0 Å². The van der Waals surface area contributed by atoms with Crippen molar-refractivity contribution in [2.24, 2.45) is 0 Å². The highest BCUT2D eigenvalue weighted by Crippen LogP contribution is 2.39. The fourth-order valence-corrected chi connectivity index (χ4v) is 5.32. The molecule has 1 aliphatic carbocycles. The third-order valence-corrected chi connectivity index (χ3v) is 7.39. The van der Waals surface area contributed by atoms with E-state index in [0.29, 0.717) is 13.0 Å². The van der Waals surface area contributed by atoms with Gasteiger partial charge in [-0.05, 0) is 49.9 Å². The summed E-state index contributed by atoms with van der Waals surface area (Å²) in [5.41, 5.74) is 2.02. The fourth-order valence-electron chi connectivity index (χ4n) is 5.32. The van der Waals surface area contributed by atoms with Crippen molar-refractivity contribution in [2.45, 2.75) is 49.7 Å². The van der Waals surface area contributed by atoms with Crippen molar-refractivity contribution < 1.29 is 9.90 Å². The molecular formula is C26H36N4O2. The number of rotatable bonds is 6. The summed E-state index contributed by atoms with van der Waals surface area (Å²) in [7, 11) is 2.16. The predicted octanol–water partition coefficient (Wildman–Crippen LogP) is 2.23. The average molecular weight is 437 g/mol. The van der Waals surface area contributed by atoms with E-state index in [1.54, 1.807) is 12.4 Å². The van der Waals surface area contributed by atoms with Gasteiger partial charge in [-0.1, -0.05) is 36.4 Å². The molecule has 2 aromatic rings. The molecule has 1 aliphatic heterocycles. The third kappa shape index (κ3) is 5.55. The number of pyridine rings is 1. The maximum Gasteiger partial charge on any atom is 0.224 e. The minimum absolute atomic E-state index is 0.0220. The second-order valence-electron chi connectivity index (χ2n) is 9.51. The number of nitrogens with one attached hydrogen (secondary N) is 1. The second-order valence-corrected chi connectivity index (χ2v) is 9.51. The molecule has 6 nitrogen and oxygen atoms in total. The molecule has 0 radical (unpaired) electrons. The van der Waals surface area contributed by atoms with E-state index in [2.05, 4.69) is 51.4 Å². The van der Waals surface area contributed by atoms with E-state index in [1.807, 2.05) is 18.2 Å². The topological polar surface area (TPSA) is 68.7 Å². The number of carbonyl (C=O) groups excluding carboxylic acids is 1. The number of aliphatic hydroxyl groups excluding tert-OH is 1. The Balaban J connectivity index is 1.47. The number of benzene rings is 1. The number of likely N-dealkylation sites (N-methyl/N-ethyl adjacent to an activating group) is 1. The van der Waals surface area contributed by atoms with Crippen LogP contribution in [0.25, 0.3) is 0 Å². The molecule has 1 amide bonds. The highest BCUT2D eigenvalue weighted by Gasteiger charge is 2.40. The average Bonchev–Trinajstić information content (AvgIpc) is 2.99. The molecule has 0 spiro atoms. The van der Waals surface area contributed by atoms with E-state index >= 15 is 0 Å². The monoisotopic (exact) mass is 436 g/mol. The van der Waals surface area contributed by atoms with Gasteiger partial charge < -0.3 is 15.3 Å². The Morgan fingerprint density at radius 2 is 1.84 bits per heavy atom. The standard InChI is InChI=1S/C26H36N4O2/c1-29-14-16-30(17-15-29)23-9-11-26(12-10-24(23)31,22-7-3-2-4-8-22)20-28-25(32)18-21-6-5-13-27-19-21/h2-8,13,19,23-24,31H,9-12,14-18,20H2,1H3,(H,28,32)/t23-,24-,26-/m0/s1. The molecule has 1 saturated carbocycles. The molecule has 2 aliphatic rings. The van der Waals surface area contributed by atoms with E-state index in [9.17, 15) is 9.90 Å². The summed E-state index contributed by atoms with van der Waals surface area (Å²) in [6.45, 7) is 4.73. The van der Waals surface area contributed by atoms with Crippen LogP contribution in [0.2, 0.25) is 0 Å². The van der Waals surface area contributed by atoms with Gasteiger partial charge >= 0.3 is 0 Å². The zero-order valence-electron chi connectivity index (χ0n) is 19.1. The van der Waals surface area contributed by atoms with Crippen LogP contribution in [-0.4, -0.2) is 77.7 Å². The molecule has 2 fully saturated rings. The lowest BCUT2D eigenvalue weighted by molar-refractivity contribution is -0.120. The SMILES string of the molecule is CN1CCN([C@H]2CC[C@](CNC(=O)Cc3cccnc3)(c3ccccc3)CC[C@@H]2O)CC1. The van der Waals surface area contributed by atoms with Gasteiger partial charge in [0.2, 0.25) is 5.91 Å². The predicted molar refractivity (Wildman–Crippen MR) is 126 cm³/mol. The molecule has 2 heterocycles. The van der Waals surface area contributed by atoms with E-state index in [0.717, 1.165) is 57.4 Å². The summed E-state index contributed by atoms with van der Waals surface area (Å²) in [6, 6.07) is 14.5. The Bertz CT molecular complexity index is 855. The van der Waals surface area contributed by atoms with Crippen LogP contribution in [0.15, 0.2) is 54.9 Å². The van der Waals surface area contributed by atoms with Crippen molar-refractivity contribution in [1.82, 2.24) is 20.1 Å². The molecule has 0 bridgehead atoms. The normalized spacial score (nSPS) is 27.6. The zero-order valence-corrected chi connectivity index (χ0v) is 19.1. The number of carbonyl (C=O) groups is 1. The van der Waals surface area contributed by atoms with E-state index in [1.165, 1.54) is 5.56 Å². The maximum atomic E-state index is 12.7. The molecule has 1 aromatic heterocycles. The number of amides is 1. The Morgan fingerprint density at radius 3 is 2.56 bits per heavy atom. The molecule has 1 saturated heterocycles. The molecule has 6 heteroatoms. The van der Waals surface area contributed by atoms with Gasteiger partial charge in [0.05, 0.1) is 12.5 Å². The van der Waals surface area contributed by atoms with Crippen LogP contribution in [0.3, 0.4) is 0 Å². The Morgan fingerprint density at radius 1 is 1.09 bits per heavy atom. The van der Waals surface area contributed by atoms with Crippen LogP contribution < -0.4 is 5.32 Å². The van der Waals surface area contributed by atoms with Crippen LogP contribution in [0.4, 0.5) is 0 Å². The highest BCUT2D eigenvalue weighted by atomic mass is 16.3. The summed E-state index contributed by atoms with van der Waals surface area (Å²) in [5.74, 6) is 0.0220. The first-order valence-corrected chi connectivity index (χ1v) is 11.9. The molecule has 3 atom stereocenters. The number of aromatic nitrogens is 1. The number of hydrogen-bond donors (Lipinski definition) is 2. The van der Waals surface area contributed by atoms with Crippen molar-refractivity contribution >= 4 is 5.91 Å². The van der Waals surface area contributed by atoms with Gasteiger partial charge in [0.1, 0.15) is 0 Å². The Labute approximate surface area is 191 Å². The first-order chi connectivity index (χ1) is 15.6. The molecule has 4 rings (SSSR count). The van der Waals surface area contributed by atoms with E-state index in [4.69, 9.17) is 0 Å². The fraction of sp³-hybridized carbons (Fsp3) is 0.538. The lowest BCUT2D eigenvalue weighted by atomic mass is 9.74. The maximum absolute atomic E-state index is 12.7. The molecule has 0 unspecified atom stereocenters. The van der Waals surface area contributed by atoms with Gasteiger partial charge in [-0.2, -0.15) is 0 Å². The summed E-state index contributed by atoms with van der Waals surface area (Å²) in [6.07, 6.45) is 7.01. The van der Waals surface area contributed by atoms with Gasteiger partial charge in [-0.3, -0.25) is 14.7 Å². The van der Waals surface area contributed by atoms with Gasteiger partial charge in [-0.25, -0.2) is 0 Å². The first kappa shape index (κ1) is 22.9. The van der Waals surface area contributed by atoms with Crippen molar-refractivity contribution in [2.75, 3.05) is 39.8 Å². The van der Waals surface area contributed by atoms with Gasteiger partial charge in [0, 0.05) is 56.6 Å². The highest BCUT2D eigenvalue weighted by molar-refractivity contribution is 5.78. The smallest absolute Gasteiger partial charge is 0.224 e. The molecule has 32 heavy (non-hydrogen) atoms. The van der Waals surface area contributed by atoms with E-state index < -0.39 is 0 Å². The number of nitrogens with zero attached hydrogens (tertiary/aromatic N) is 3. The number of aliphatic hydroxyl groups is 1. The van der Waals surface area contributed by atoms with Crippen LogP contribution in [-0.2, 0) is 16.6 Å². The summed E-state index contributed by atoms with van der Waals surface area (Å²) >= 11 is 0. The second kappa shape index (κ2) is 10.6. The molecule has 172 valence electrons. The third-order valence-electron chi connectivity index (χ3n) is 7.39. The zero-order chi connectivity index (χ0) is 22.4. The minimum atomic E-state index is -0.324. The quantitative estimate of drug-likeness (QED) is 0.680. The Hall–Kier alpha value is -2.28. The molecule has 2 N–H and O–H groups in total. The largest absolute Gasteiger partial charge is 0.391 e. The van der Waals surface area contributed by atoms with Gasteiger partial charge in [0.15, 0.2) is 0 Å². The van der Waals surface area contributed by atoms with Crippen molar-refractivity contribution in [3.8, 4) is 0 Å². The van der Waals surface area contributed by atoms with Crippen molar-refractivity contribution in [3.63, 3.8) is 0 Å². The van der Waals surface area contributed by atoms with Gasteiger partial charge in [0.25, 0.3) is 0 Å². The molecule has 1 aromatic carbocycles. The number of hydrogen-bond acceptors (Lipinski definition) is 5. The van der Waals surface area contributed by atoms with Crippen LogP contribution >= 0.6 is 0 Å². The summed E-state index contributed by atoms with van der Waals surface area (Å²) < 4.78 is 0. The van der Waals surface area contributed by atoms with Crippen LogP contribution in [0.1, 0.15) is 36.8 Å². The van der Waals surface area contributed by atoms with Crippen molar-refractivity contribution in [1.29, 1.82) is 0 Å². The molecular weight excluding hydrogens is 400 g/mol. The lowest BCUT2D eigenvalue weighted by Gasteiger charge is -2.39. The first-order valence-electron chi connectivity index (χ1n) is 11.9. The minimum Gasteiger partial charge on any atom is -0.391 e. The summed E-state index contributed by atoms with van der Waals surface area (Å²) in [4.78, 5) is 21.7. The lowest BCUT2D eigenvalue weighted by Crippen LogP contribution is -2.52. The summed E-state index contributed by atoms with van der Waals surface area (Å²) in [5, 5.41) is 14.3. The Kier molecular flexibility index (Phi) is 7.55. The van der Waals surface area contributed by atoms with Crippen molar-refractivity contribution in [3.05, 3.63) is 66.0 Å². The van der Waals surface area contributed by atoms with E-state index in [-0.39, 0.29) is 23.5 Å². The van der Waals surface area contributed by atoms with Crippen LogP contribution in [0.5, 0.6) is 0 Å².